The maximum absolute atomic E-state index is 13.4. The van der Waals surface area contributed by atoms with Gasteiger partial charge in [0.2, 0.25) is 5.82 Å². The molecule has 20 heavy (non-hydrogen) atoms. The second-order valence-corrected chi connectivity index (χ2v) is 3.70. The second-order valence-electron chi connectivity index (χ2n) is 3.70. The van der Waals surface area contributed by atoms with E-state index in [2.05, 4.69) is 15.3 Å². The first-order chi connectivity index (χ1) is 9.47. The van der Waals surface area contributed by atoms with Gasteiger partial charge >= 0.3 is 5.69 Å². The largest absolute Gasteiger partial charge is 0.382 e. The summed E-state index contributed by atoms with van der Waals surface area (Å²) in [4.78, 5) is 28.8. The molecule has 1 heterocycles. The van der Waals surface area contributed by atoms with Crippen LogP contribution in [0.5, 0.6) is 0 Å². The number of aromatic nitrogens is 2. The smallest absolute Gasteiger partial charge is 0.304 e. The Kier molecular flexibility index (Phi) is 3.51. The molecule has 9 heteroatoms. The van der Waals surface area contributed by atoms with Crippen molar-refractivity contribution < 1.29 is 14.1 Å². The Hall–Kier alpha value is -3.10. The van der Waals surface area contributed by atoms with E-state index in [0.717, 1.165) is 18.3 Å². The molecule has 1 aromatic heterocycles. The van der Waals surface area contributed by atoms with Crippen molar-refractivity contribution in [3.05, 3.63) is 52.2 Å². The van der Waals surface area contributed by atoms with Crippen molar-refractivity contribution in [2.75, 3.05) is 11.1 Å². The summed E-state index contributed by atoms with van der Waals surface area (Å²) in [6.07, 6.45) is 2.36. The number of nitro benzene ring substituents is 1. The van der Waals surface area contributed by atoms with Gasteiger partial charge in [0.15, 0.2) is 0 Å². The van der Waals surface area contributed by atoms with Gasteiger partial charge in [0.1, 0.15) is 11.5 Å². The number of amides is 1. The molecule has 0 bridgehead atoms. The summed E-state index contributed by atoms with van der Waals surface area (Å²) < 4.78 is 13.4. The second kappa shape index (κ2) is 5.26. The van der Waals surface area contributed by atoms with Crippen LogP contribution in [0.4, 0.5) is 21.6 Å². The summed E-state index contributed by atoms with van der Waals surface area (Å²) in [6.45, 7) is 0. The summed E-state index contributed by atoms with van der Waals surface area (Å²) in [5, 5.41) is 12.8. The van der Waals surface area contributed by atoms with Gasteiger partial charge in [-0.1, -0.05) is 0 Å². The highest BCUT2D eigenvalue weighted by molar-refractivity contribution is 6.02. The molecule has 0 aliphatic rings. The Labute approximate surface area is 111 Å². The quantitative estimate of drug-likeness (QED) is 0.644. The van der Waals surface area contributed by atoms with Crippen molar-refractivity contribution in [1.82, 2.24) is 9.97 Å². The first kappa shape index (κ1) is 13.3. The number of nitrogens with zero attached hydrogens (tertiary/aromatic N) is 3. The minimum atomic E-state index is -1.05. The van der Waals surface area contributed by atoms with Crippen LogP contribution in [-0.4, -0.2) is 20.8 Å². The molecule has 1 aromatic carbocycles. The zero-order chi connectivity index (χ0) is 14.7. The molecule has 102 valence electrons. The van der Waals surface area contributed by atoms with Gasteiger partial charge in [0.25, 0.3) is 5.91 Å². The number of benzene rings is 1. The standard InChI is InChI=1S/C11H8FN5O3/c12-7-3-6(1-2-9(7)17(19)20)16-11(18)8-4-15-10(13)5-14-8/h1-5H,(H2,13,15)(H,16,18). The molecule has 0 unspecified atom stereocenters. The van der Waals surface area contributed by atoms with Crippen LogP contribution in [0.15, 0.2) is 30.6 Å². The normalized spacial score (nSPS) is 10.1. The van der Waals surface area contributed by atoms with E-state index in [0.29, 0.717) is 0 Å². The minimum absolute atomic E-state index is 0.0158. The zero-order valence-electron chi connectivity index (χ0n) is 9.91. The van der Waals surface area contributed by atoms with E-state index in [1.807, 2.05) is 0 Å². The summed E-state index contributed by atoms with van der Waals surface area (Å²) >= 11 is 0. The SMILES string of the molecule is Nc1cnc(C(=O)Nc2ccc([N+](=O)[O-])c(F)c2)cn1. The van der Waals surface area contributed by atoms with Crippen molar-refractivity contribution in [3.8, 4) is 0 Å². The monoisotopic (exact) mass is 277 g/mol. The maximum atomic E-state index is 13.4. The fourth-order valence-electron chi connectivity index (χ4n) is 1.38. The van der Waals surface area contributed by atoms with Crippen LogP contribution in [0.1, 0.15) is 10.5 Å². The highest BCUT2D eigenvalue weighted by Crippen LogP contribution is 2.21. The summed E-state index contributed by atoms with van der Waals surface area (Å²) in [5.74, 6) is -1.52. The number of hydrogen-bond donors (Lipinski definition) is 2. The fraction of sp³-hybridized carbons (Fsp3) is 0. The van der Waals surface area contributed by atoms with Gasteiger partial charge in [0, 0.05) is 17.8 Å². The van der Waals surface area contributed by atoms with E-state index in [-0.39, 0.29) is 17.2 Å². The lowest BCUT2D eigenvalue weighted by molar-refractivity contribution is -0.387. The summed E-state index contributed by atoms with van der Waals surface area (Å²) in [6, 6.07) is 3.02. The highest BCUT2D eigenvalue weighted by atomic mass is 19.1. The molecule has 0 aliphatic carbocycles. The van der Waals surface area contributed by atoms with Gasteiger partial charge in [-0.05, 0) is 6.07 Å². The number of anilines is 2. The molecule has 0 saturated heterocycles. The molecule has 0 saturated carbocycles. The molecule has 0 atom stereocenters. The number of nitro groups is 1. The Morgan fingerprint density at radius 1 is 1.35 bits per heavy atom. The minimum Gasteiger partial charge on any atom is -0.382 e. The fourth-order valence-corrected chi connectivity index (χ4v) is 1.38. The molecule has 0 fully saturated rings. The average molecular weight is 277 g/mol. The number of rotatable bonds is 3. The van der Waals surface area contributed by atoms with Gasteiger partial charge in [0.05, 0.1) is 17.3 Å². The first-order valence-corrected chi connectivity index (χ1v) is 5.30. The third-order valence-electron chi connectivity index (χ3n) is 2.31. The number of carbonyl (C=O) groups excluding carboxylic acids is 1. The lowest BCUT2D eigenvalue weighted by atomic mass is 10.2. The molecular weight excluding hydrogens is 269 g/mol. The van der Waals surface area contributed by atoms with Crippen LogP contribution in [0.25, 0.3) is 0 Å². The van der Waals surface area contributed by atoms with Gasteiger partial charge < -0.3 is 11.1 Å². The predicted octanol–water partition coefficient (Wildman–Crippen LogP) is 1.36. The predicted molar refractivity (Wildman–Crippen MR) is 67.5 cm³/mol. The van der Waals surface area contributed by atoms with Crippen LogP contribution < -0.4 is 11.1 Å². The van der Waals surface area contributed by atoms with Crippen molar-refractivity contribution in [1.29, 1.82) is 0 Å². The van der Waals surface area contributed by atoms with E-state index < -0.39 is 22.3 Å². The number of nitrogens with two attached hydrogens (primary N) is 1. The third-order valence-corrected chi connectivity index (χ3v) is 2.31. The van der Waals surface area contributed by atoms with Crippen LogP contribution in [0.2, 0.25) is 0 Å². The number of nitrogen functional groups attached to an aromatic ring is 1. The Morgan fingerprint density at radius 3 is 2.65 bits per heavy atom. The lowest BCUT2D eigenvalue weighted by Gasteiger charge is -2.04. The van der Waals surface area contributed by atoms with Crippen LogP contribution >= 0.6 is 0 Å². The molecule has 0 aliphatic heterocycles. The number of halogens is 1. The number of hydrogen-bond acceptors (Lipinski definition) is 6. The van der Waals surface area contributed by atoms with Crippen molar-refractivity contribution in [2.24, 2.45) is 0 Å². The van der Waals surface area contributed by atoms with Gasteiger partial charge in [-0.15, -0.1) is 0 Å². The molecule has 2 rings (SSSR count). The molecule has 8 nitrogen and oxygen atoms in total. The van der Waals surface area contributed by atoms with Gasteiger partial charge in [-0.2, -0.15) is 4.39 Å². The lowest BCUT2D eigenvalue weighted by Crippen LogP contribution is -2.14. The average Bonchev–Trinajstić information content (AvgIpc) is 2.39. The Morgan fingerprint density at radius 2 is 2.10 bits per heavy atom. The molecule has 0 radical (unpaired) electrons. The van der Waals surface area contributed by atoms with Crippen LogP contribution in [-0.2, 0) is 0 Å². The van der Waals surface area contributed by atoms with E-state index in [9.17, 15) is 19.3 Å². The first-order valence-electron chi connectivity index (χ1n) is 5.30. The maximum Gasteiger partial charge on any atom is 0.304 e. The van der Waals surface area contributed by atoms with E-state index >= 15 is 0 Å². The number of carbonyl (C=O) groups is 1. The topological polar surface area (TPSA) is 124 Å². The van der Waals surface area contributed by atoms with Crippen molar-refractivity contribution in [3.63, 3.8) is 0 Å². The number of nitrogens with one attached hydrogen (secondary N) is 1. The highest BCUT2D eigenvalue weighted by Gasteiger charge is 2.15. The van der Waals surface area contributed by atoms with Crippen LogP contribution in [0.3, 0.4) is 0 Å². The van der Waals surface area contributed by atoms with Crippen molar-refractivity contribution in [2.45, 2.75) is 0 Å². The zero-order valence-corrected chi connectivity index (χ0v) is 9.91. The van der Waals surface area contributed by atoms with E-state index in [1.54, 1.807) is 0 Å². The molecule has 1 amide bonds. The van der Waals surface area contributed by atoms with Crippen molar-refractivity contribution >= 4 is 23.1 Å². The summed E-state index contributed by atoms with van der Waals surface area (Å²) in [7, 11) is 0. The molecule has 2 aromatic rings. The molecule has 3 N–H and O–H groups in total. The third kappa shape index (κ3) is 2.83. The Balaban J connectivity index is 2.18. The van der Waals surface area contributed by atoms with E-state index in [1.165, 1.54) is 12.3 Å². The molecule has 0 spiro atoms. The van der Waals surface area contributed by atoms with Gasteiger partial charge in [-0.25, -0.2) is 9.97 Å². The van der Waals surface area contributed by atoms with Crippen LogP contribution in [0, 0.1) is 15.9 Å². The van der Waals surface area contributed by atoms with Gasteiger partial charge in [-0.3, -0.25) is 14.9 Å². The molecular formula is C11H8FN5O3. The van der Waals surface area contributed by atoms with E-state index in [4.69, 9.17) is 5.73 Å². The summed E-state index contributed by atoms with van der Waals surface area (Å²) in [5.41, 5.74) is 4.71. The Bertz CT molecular complexity index is 674.